The standard InChI is InChI=1S/C20H23ClFN5O2/c1-12-19(24-17-5-4-15(29-3)9-16(17)21)25-18-6-7-23-27(18)20(12)26-10-13(22)8-14(26)11-28-2/h4-7,9,13-14H,8,10-11H2,1-3H3,(H,24,25)/t13-,14-/m0/s1. The zero-order valence-electron chi connectivity index (χ0n) is 16.5. The summed E-state index contributed by atoms with van der Waals surface area (Å²) in [5.74, 6) is 2.11. The van der Waals surface area contributed by atoms with Gasteiger partial charge >= 0.3 is 0 Å². The zero-order valence-corrected chi connectivity index (χ0v) is 17.3. The van der Waals surface area contributed by atoms with Crippen molar-refractivity contribution in [2.24, 2.45) is 0 Å². The van der Waals surface area contributed by atoms with E-state index in [0.29, 0.717) is 41.0 Å². The van der Waals surface area contributed by atoms with Gasteiger partial charge in [0.25, 0.3) is 0 Å². The van der Waals surface area contributed by atoms with E-state index in [1.165, 1.54) is 0 Å². The van der Waals surface area contributed by atoms with Crippen LogP contribution in [0.1, 0.15) is 12.0 Å². The molecule has 2 atom stereocenters. The molecule has 0 radical (unpaired) electrons. The van der Waals surface area contributed by atoms with E-state index in [0.717, 1.165) is 11.4 Å². The minimum Gasteiger partial charge on any atom is -0.497 e. The number of fused-ring (bicyclic) bond motifs is 1. The molecule has 9 heteroatoms. The maximum Gasteiger partial charge on any atom is 0.159 e. The Labute approximate surface area is 173 Å². The van der Waals surface area contributed by atoms with Crippen LogP contribution in [0.5, 0.6) is 5.75 Å². The third-order valence-electron chi connectivity index (χ3n) is 5.16. The Kier molecular flexibility index (Phi) is 5.47. The van der Waals surface area contributed by atoms with Crippen LogP contribution in [-0.2, 0) is 4.74 Å². The van der Waals surface area contributed by atoms with E-state index >= 15 is 0 Å². The number of methoxy groups -OCH3 is 2. The second-order valence-corrected chi connectivity index (χ2v) is 7.48. The first-order valence-electron chi connectivity index (χ1n) is 9.36. The average molecular weight is 420 g/mol. The number of anilines is 3. The van der Waals surface area contributed by atoms with Crippen molar-refractivity contribution < 1.29 is 13.9 Å². The van der Waals surface area contributed by atoms with E-state index in [-0.39, 0.29) is 12.6 Å². The van der Waals surface area contributed by atoms with Gasteiger partial charge in [-0.3, -0.25) is 0 Å². The Balaban J connectivity index is 1.78. The number of ether oxygens (including phenoxy) is 2. The fraction of sp³-hybridized carbons (Fsp3) is 0.400. The molecule has 0 spiro atoms. The minimum atomic E-state index is -0.916. The van der Waals surface area contributed by atoms with Crippen molar-refractivity contribution in [1.82, 2.24) is 14.6 Å². The maximum absolute atomic E-state index is 14.3. The van der Waals surface area contributed by atoms with Crippen LogP contribution in [0, 0.1) is 6.92 Å². The number of nitrogens with zero attached hydrogens (tertiary/aromatic N) is 4. The number of alkyl halides is 1. The van der Waals surface area contributed by atoms with Gasteiger partial charge in [-0.05, 0) is 19.1 Å². The summed E-state index contributed by atoms with van der Waals surface area (Å²) in [5, 5.41) is 8.23. The number of halogens is 2. The van der Waals surface area contributed by atoms with Crippen molar-refractivity contribution in [3.63, 3.8) is 0 Å². The number of nitrogens with one attached hydrogen (secondary N) is 1. The predicted molar refractivity (Wildman–Crippen MR) is 112 cm³/mol. The molecule has 1 aliphatic heterocycles. The Bertz CT molecular complexity index is 1030. The van der Waals surface area contributed by atoms with Crippen LogP contribution in [0.2, 0.25) is 5.02 Å². The van der Waals surface area contributed by atoms with Gasteiger partial charge in [0.2, 0.25) is 0 Å². The van der Waals surface area contributed by atoms with Gasteiger partial charge in [-0.25, -0.2) is 9.37 Å². The van der Waals surface area contributed by atoms with Crippen molar-refractivity contribution >= 4 is 34.6 Å². The summed E-state index contributed by atoms with van der Waals surface area (Å²) in [5.41, 5.74) is 2.22. The second-order valence-electron chi connectivity index (χ2n) is 7.08. The summed E-state index contributed by atoms with van der Waals surface area (Å²) in [7, 11) is 3.22. The Morgan fingerprint density at radius 3 is 2.86 bits per heavy atom. The number of benzene rings is 1. The van der Waals surface area contributed by atoms with E-state index < -0.39 is 6.17 Å². The molecular weight excluding hydrogens is 397 g/mol. The number of rotatable bonds is 6. The summed E-state index contributed by atoms with van der Waals surface area (Å²) >= 11 is 6.39. The van der Waals surface area contributed by atoms with Crippen LogP contribution in [-0.4, -0.2) is 54.2 Å². The molecule has 0 saturated carbocycles. The summed E-state index contributed by atoms with van der Waals surface area (Å²) in [6.45, 7) is 2.67. The SMILES string of the molecule is COC[C@@H]1C[C@H](F)CN1c1c(C)c(Nc2ccc(OC)cc2Cl)nc2ccnn12. The molecule has 1 aliphatic rings. The fourth-order valence-corrected chi connectivity index (χ4v) is 4.00. The molecule has 3 heterocycles. The van der Waals surface area contributed by atoms with Gasteiger partial charge in [0.1, 0.15) is 23.6 Å². The maximum atomic E-state index is 14.3. The van der Waals surface area contributed by atoms with Gasteiger partial charge in [0.05, 0.1) is 43.2 Å². The molecule has 4 rings (SSSR count). The zero-order chi connectivity index (χ0) is 20.5. The minimum absolute atomic E-state index is 0.0686. The third kappa shape index (κ3) is 3.70. The number of hydrogen-bond donors (Lipinski definition) is 1. The first-order valence-corrected chi connectivity index (χ1v) is 9.74. The highest BCUT2D eigenvalue weighted by molar-refractivity contribution is 6.33. The van der Waals surface area contributed by atoms with Crippen LogP contribution in [0.25, 0.3) is 5.65 Å². The average Bonchev–Trinajstić information content (AvgIpc) is 3.30. The molecular formula is C20H23ClFN5O2. The Morgan fingerprint density at radius 2 is 2.14 bits per heavy atom. The highest BCUT2D eigenvalue weighted by Gasteiger charge is 2.35. The predicted octanol–water partition coefficient (Wildman–Crippen LogP) is 4.01. The lowest BCUT2D eigenvalue weighted by Gasteiger charge is -2.28. The lowest BCUT2D eigenvalue weighted by Crippen LogP contribution is -2.35. The molecule has 0 aliphatic carbocycles. The number of hydrogen-bond acceptors (Lipinski definition) is 6. The smallest absolute Gasteiger partial charge is 0.159 e. The van der Waals surface area contributed by atoms with Gasteiger partial charge in [0, 0.05) is 31.2 Å². The lowest BCUT2D eigenvalue weighted by molar-refractivity contribution is 0.176. The normalized spacial score (nSPS) is 19.1. The first kappa shape index (κ1) is 19.7. The van der Waals surface area contributed by atoms with E-state index in [4.69, 9.17) is 21.1 Å². The molecule has 154 valence electrons. The molecule has 0 bridgehead atoms. The molecule has 1 aromatic carbocycles. The summed E-state index contributed by atoms with van der Waals surface area (Å²) < 4.78 is 26.6. The van der Waals surface area contributed by atoms with Crippen molar-refractivity contribution in [2.45, 2.75) is 25.6 Å². The van der Waals surface area contributed by atoms with Crippen LogP contribution in [0.15, 0.2) is 30.5 Å². The quantitative estimate of drug-likeness (QED) is 0.651. The van der Waals surface area contributed by atoms with Gasteiger partial charge < -0.3 is 19.7 Å². The van der Waals surface area contributed by atoms with E-state index in [1.807, 2.05) is 30.0 Å². The van der Waals surface area contributed by atoms with E-state index in [1.54, 1.807) is 31.0 Å². The van der Waals surface area contributed by atoms with Crippen LogP contribution in [0.4, 0.5) is 21.7 Å². The molecule has 3 aromatic rings. The van der Waals surface area contributed by atoms with Crippen LogP contribution in [0.3, 0.4) is 0 Å². The molecule has 1 fully saturated rings. The summed E-state index contributed by atoms with van der Waals surface area (Å²) in [4.78, 5) is 6.70. The molecule has 7 nitrogen and oxygen atoms in total. The van der Waals surface area contributed by atoms with Crippen molar-refractivity contribution in [2.75, 3.05) is 37.6 Å². The summed E-state index contributed by atoms with van der Waals surface area (Å²) in [6.07, 6.45) is 1.19. The molecule has 1 N–H and O–H groups in total. The van der Waals surface area contributed by atoms with Crippen molar-refractivity contribution in [3.05, 3.63) is 41.0 Å². The first-order chi connectivity index (χ1) is 14.0. The van der Waals surface area contributed by atoms with Gasteiger partial charge in [-0.2, -0.15) is 9.61 Å². The van der Waals surface area contributed by atoms with Crippen molar-refractivity contribution in [1.29, 1.82) is 0 Å². The Morgan fingerprint density at radius 1 is 1.31 bits per heavy atom. The van der Waals surface area contributed by atoms with Gasteiger partial charge in [-0.15, -0.1) is 0 Å². The van der Waals surface area contributed by atoms with Crippen molar-refractivity contribution in [3.8, 4) is 5.75 Å². The van der Waals surface area contributed by atoms with Gasteiger partial charge in [-0.1, -0.05) is 11.6 Å². The van der Waals surface area contributed by atoms with E-state index in [9.17, 15) is 4.39 Å². The van der Waals surface area contributed by atoms with Gasteiger partial charge in [0.15, 0.2) is 5.65 Å². The van der Waals surface area contributed by atoms with E-state index in [2.05, 4.69) is 15.4 Å². The topological polar surface area (TPSA) is 63.9 Å². The molecule has 29 heavy (non-hydrogen) atoms. The van der Waals surface area contributed by atoms with Crippen LogP contribution < -0.4 is 15.0 Å². The third-order valence-corrected chi connectivity index (χ3v) is 5.48. The fourth-order valence-electron chi connectivity index (χ4n) is 3.79. The Hall–Kier alpha value is -2.58. The molecule has 0 amide bonds. The lowest BCUT2D eigenvalue weighted by atomic mass is 10.2. The second kappa shape index (κ2) is 8.04. The molecule has 1 saturated heterocycles. The van der Waals surface area contributed by atoms with Crippen LogP contribution >= 0.6 is 11.6 Å². The molecule has 0 unspecified atom stereocenters. The highest BCUT2D eigenvalue weighted by atomic mass is 35.5. The molecule has 2 aromatic heterocycles. The highest BCUT2D eigenvalue weighted by Crippen LogP contribution is 2.35. The largest absolute Gasteiger partial charge is 0.497 e. The number of aromatic nitrogens is 3. The monoisotopic (exact) mass is 419 g/mol. The summed E-state index contributed by atoms with van der Waals surface area (Å²) in [6, 6.07) is 7.15.